The number of nitrogens with one attached hydrogen (secondary N) is 1. The highest BCUT2D eigenvalue weighted by molar-refractivity contribution is 5.77. The number of nitrogens with zero attached hydrogens (tertiary/aromatic N) is 3. The van der Waals surface area contributed by atoms with Gasteiger partial charge in [0.15, 0.2) is 5.69 Å². The molecule has 2 unspecified atom stereocenters. The molecule has 1 saturated carbocycles. The van der Waals surface area contributed by atoms with E-state index in [1.54, 1.807) is 0 Å². The summed E-state index contributed by atoms with van der Waals surface area (Å²) >= 11 is 0. The minimum atomic E-state index is -0.639. The van der Waals surface area contributed by atoms with Gasteiger partial charge >= 0.3 is 5.69 Å². The van der Waals surface area contributed by atoms with Crippen LogP contribution in [0.4, 0.5) is 17.1 Å². The van der Waals surface area contributed by atoms with Crippen LogP contribution in [0.1, 0.15) is 43.7 Å². The lowest BCUT2D eigenvalue weighted by Crippen LogP contribution is -2.52. The summed E-state index contributed by atoms with van der Waals surface area (Å²) in [7, 11) is 3.95. The molecule has 9 heteroatoms. The summed E-state index contributed by atoms with van der Waals surface area (Å²) in [6.07, 6.45) is 4.03. The van der Waals surface area contributed by atoms with E-state index in [4.69, 9.17) is 0 Å². The first-order chi connectivity index (χ1) is 12.6. The average Bonchev–Trinajstić information content (AvgIpc) is 2.59. The molecule has 2 rings (SSSR count). The van der Waals surface area contributed by atoms with Crippen LogP contribution in [0.3, 0.4) is 0 Å². The SMILES string of the molecule is Cc1c(CO)cc([N+](=O)[O-])c(NCC2(N(C)C)CCCC(C)C2)c1[N+](=O)[O-]. The van der Waals surface area contributed by atoms with Crippen molar-refractivity contribution in [3.63, 3.8) is 0 Å². The van der Waals surface area contributed by atoms with Gasteiger partial charge in [-0.05, 0) is 45.3 Å². The van der Waals surface area contributed by atoms with E-state index in [0.717, 1.165) is 25.7 Å². The van der Waals surface area contributed by atoms with Gasteiger partial charge in [-0.25, -0.2) is 0 Å². The highest BCUT2D eigenvalue weighted by atomic mass is 16.6. The number of aliphatic hydroxyl groups is 1. The fourth-order valence-corrected chi connectivity index (χ4v) is 4.13. The minimum absolute atomic E-state index is 0.0841. The van der Waals surface area contributed by atoms with Crippen LogP contribution >= 0.6 is 0 Å². The van der Waals surface area contributed by atoms with E-state index < -0.39 is 16.5 Å². The summed E-state index contributed by atoms with van der Waals surface area (Å²) in [4.78, 5) is 24.1. The molecule has 2 atom stereocenters. The van der Waals surface area contributed by atoms with Gasteiger partial charge in [0.2, 0.25) is 0 Å². The molecule has 1 aromatic carbocycles. The van der Waals surface area contributed by atoms with E-state index in [2.05, 4.69) is 17.1 Å². The van der Waals surface area contributed by atoms with E-state index in [-0.39, 0.29) is 33.7 Å². The number of aliphatic hydroxyl groups excluding tert-OH is 1. The second-order valence-corrected chi connectivity index (χ2v) is 7.75. The van der Waals surface area contributed by atoms with Crippen molar-refractivity contribution in [2.45, 2.75) is 51.7 Å². The second-order valence-electron chi connectivity index (χ2n) is 7.75. The van der Waals surface area contributed by atoms with Crippen LogP contribution < -0.4 is 5.32 Å². The van der Waals surface area contributed by atoms with E-state index in [9.17, 15) is 25.3 Å². The molecule has 1 fully saturated rings. The normalized spacial score (nSPS) is 22.7. The zero-order valence-electron chi connectivity index (χ0n) is 16.3. The largest absolute Gasteiger partial charge is 0.392 e. The fraction of sp³-hybridized carbons (Fsp3) is 0.667. The molecule has 2 N–H and O–H groups in total. The first kappa shape index (κ1) is 21.0. The Balaban J connectivity index is 2.49. The van der Waals surface area contributed by atoms with Crippen LogP contribution in [0.25, 0.3) is 0 Å². The van der Waals surface area contributed by atoms with Gasteiger partial charge in [-0.3, -0.25) is 20.2 Å². The van der Waals surface area contributed by atoms with Crippen molar-refractivity contribution in [2.75, 3.05) is 26.0 Å². The van der Waals surface area contributed by atoms with Crippen molar-refractivity contribution in [3.05, 3.63) is 37.4 Å². The Morgan fingerprint density at radius 2 is 2.00 bits per heavy atom. The summed E-state index contributed by atoms with van der Waals surface area (Å²) in [5.41, 5.74) is -0.596. The Morgan fingerprint density at radius 3 is 2.48 bits per heavy atom. The predicted molar refractivity (Wildman–Crippen MR) is 103 cm³/mol. The Morgan fingerprint density at radius 1 is 1.33 bits per heavy atom. The number of anilines is 1. The smallest absolute Gasteiger partial charge is 0.302 e. The lowest BCUT2D eigenvalue weighted by Gasteiger charge is -2.45. The maximum absolute atomic E-state index is 11.7. The molecule has 1 aromatic rings. The van der Waals surface area contributed by atoms with Gasteiger partial charge in [0.25, 0.3) is 5.69 Å². The highest BCUT2D eigenvalue weighted by Crippen LogP contribution is 2.41. The Bertz CT molecular complexity index is 737. The third-order valence-electron chi connectivity index (χ3n) is 5.80. The van der Waals surface area contributed by atoms with E-state index in [0.29, 0.717) is 12.5 Å². The molecular formula is C18H28N4O5. The van der Waals surface area contributed by atoms with E-state index in [1.165, 1.54) is 13.0 Å². The molecule has 0 aromatic heterocycles. The zero-order chi connectivity index (χ0) is 20.4. The van der Waals surface area contributed by atoms with Crippen molar-refractivity contribution in [1.82, 2.24) is 4.90 Å². The van der Waals surface area contributed by atoms with Crippen LogP contribution in [-0.2, 0) is 6.61 Å². The number of nitro groups is 2. The van der Waals surface area contributed by atoms with Crippen LogP contribution in [0.15, 0.2) is 6.07 Å². The number of hydrogen-bond acceptors (Lipinski definition) is 7. The molecule has 0 spiro atoms. The molecule has 9 nitrogen and oxygen atoms in total. The van der Waals surface area contributed by atoms with Gasteiger partial charge in [0, 0.05) is 23.7 Å². The number of likely N-dealkylation sites (N-methyl/N-ethyl adjacent to an activating group) is 1. The number of rotatable bonds is 7. The molecule has 0 amide bonds. The van der Waals surface area contributed by atoms with Crippen molar-refractivity contribution in [1.29, 1.82) is 0 Å². The van der Waals surface area contributed by atoms with Gasteiger partial charge in [-0.15, -0.1) is 0 Å². The van der Waals surface area contributed by atoms with Gasteiger partial charge in [0.05, 0.1) is 16.5 Å². The molecule has 27 heavy (non-hydrogen) atoms. The molecule has 0 aliphatic heterocycles. The van der Waals surface area contributed by atoms with Gasteiger partial charge in [-0.1, -0.05) is 19.8 Å². The first-order valence-corrected chi connectivity index (χ1v) is 9.10. The van der Waals surface area contributed by atoms with Crippen molar-refractivity contribution in [3.8, 4) is 0 Å². The predicted octanol–water partition coefficient (Wildman–Crippen LogP) is 3.23. The average molecular weight is 380 g/mol. The fourth-order valence-electron chi connectivity index (χ4n) is 4.13. The maximum atomic E-state index is 11.7. The van der Waals surface area contributed by atoms with Gasteiger partial charge < -0.3 is 15.3 Å². The Kier molecular flexibility index (Phi) is 6.38. The van der Waals surface area contributed by atoms with Crippen LogP contribution in [0.2, 0.25) is 0 Å². The maximum Gasteiger partial charge on any atom is 0.302 e. The van der Waals surface area contributed by atoms with Crippen molar-refractivity contribution >= 4 is 17.1 Å². The monoisotopic (exact) mass is 380 g/mol. The summed E-state index contributed by atoms with van der Waals surface area (Å²) in [5.74, 6) is 0.520. The van der Waals surface area contributed by atoms with E-state index in [1.807, 2.05) is 14.1 Å². The Labute approximate surface area is 158 Å². The summed E-state index contributed by atoms with van der Waals surface area (Å²) in [6, 6.07) is 1.22. The van der Waals surface area contributed by atoms with Crippen molar-refractivity contribution in [2.24, 2.45) is 5.92 Å². The summed E-state index contributed by atoms with van der Waals surface area (Å²) in [5, 5.41) is 35.7. The molecule has 1 aliphatic rings. The third-order valence-corrected chi connectivity index (χ3v) is 5.80. The number of nitro benzene ring substituents is 2. The van der Waals surface area contributed by atoms with E-state index >= 15 is 0 Å². The summed E-state index contributed by atoms with van der Waals surface area (Å²) in [6.45, 7) is 3.57. The van der Waals surface area contributed by atoms with Crippen LogP contribution in [0, 0.1) is 33.1 Å². The molecular weight excluding hydrogens is 352 g/mol. The molecule has 0 saturated heterocycles. The van der Waals surface area contributed by atoms with Gasteiger partial charge in [-0.2, -0.15) is 0 Å². The van der Waals surface area contributed by atoms with Crippen LogP contribution in [0.5, 0.6) is 0 Å². The zero-order valence-corrected chi connectivity index (χ0v) is 16.3. The second kappa shape index (κ2) is 8.18. The lowest BCUT2D eigenvalue weighted by atomic mass is 9.75. The first-order valence-electron chi connectivity index (χ1n) is 9.10. The standard InChI is InChI=1S/C18H28N4O5/c1-12-6-5-7-18(9-12,20(3)4)11-19-16-15(21(24)25)8-14(10-23)13(2)17(16)22(26)27/h8,12,19,23H,5-7,9-11H2,1-4H3. The topological polar surface area (TPSA) is 122 Å². The highest BCUT2D eigenvalue weighted by Gasteiger charge is 2.38. The molecule has 0 radical (unpaired) electrons. The number of hydrogen-bond donors (Lipinski definition) is 2. The minimum Gasteiger partial charge on any atom is -0.392 e. The van der Waals surface area contributed by atoms with Gasteiger partial charge in [0.1, 0.15) is 0 Å². The summed E-state index contributed by atoms with van der Waals surface area (Å²) < 4.78 is 0. The lowest BCUT2D eigenvalue weighted by molar-refractivity contribution is -0.392. The number of benzene rings is 1. The quantitative estimate of drug-likeness (QED) is 0.550. The molecule has 1 aliphatic carbocycles. The Hall–Kier alpha value is -2.26. The molecule has 150 valence electrons. The third kappa shape index (κ3) is 4.19. The molecule has 0 bridgehead atoms. The van der Waals surface area contributed by atoms with Crippen LogP contribution in [-0.4, -0.2) is 46.0 Å². The van der Waals surface area contributed by atoms with Crippen molar-refractivity contribution < 1.29 is 15.0 Å². The molecule has 0 heterocycles.